The second-order valence-electron chi connectivity index (χ2n) is 7.54. The van der Waals surface area contributed by atoms with Crippen LogP contribution in [0.15, 0.2) is 54.7 Å². The largest absolute Gasteiger partial charge is 0.338 e. The zero-order valence-electron chi connectivity index (χ0n) is 17.2. The topological polar surface area (TPSA) is 105 Å². The summed E-state index contributed by atoms with van der Waals surface area (Å²) < 4.78 is 26.3. The molecule has 8 nitrogen and oxygen atoms in total. The SMILES string of the molecule is CC(C)C(NC(=O)NCCCS(=O)(=O)Cc1ccccc1)c1nnc2ccccn12. The highest BCUT2D eigenvalue weighted by atomic mass is 32.2. The molecular formula is C21H27N5O3S. The maximum atomic E-state index is 12.4. The van der Waals surface area contributed by atoms with Gasteiger partial charge in [-0.2, -0.15) is 0 Å². The number of benzene rings is 1. The molecule has 30 heavy (non-hydrogen) atoms. The molecule has 0 fully saturated rings. The predicted molar refractivity (Wildman–Crippen MR) is 116 cm³/mol. The summed E-state index contributed by atoms with van der Waals surface area (Å²) in [7, 11) is -3.22. The van der Waals surface area contributed by atoms with E-state index in [1.807, 2.05) is 60.8 Å². The number of fused-ring (bicyclic) bond motifs is 1. The van der Waals surface area contributed by atoms with Crippen molar-refractivity contribution in [2.75, 3.05) is 12.3 Å². The summed E-state index contributed by atoms with van der Waals surface area (Å²) in [6.07, 6.45) is 2.21. The fourth-order valence-corrected chi connectivity index (χ4v) is 4.62. The Balaban J connectivity index is 1.50. The third kappa shape index (κ3) is 5.79. The van der Waals surface area contributed by atoms with Gasteiger partial charge >= 0.3 is 6.03 Å². The molecule has 3 rings (SSSR count). The first-order valence-corrected chi connectivity index (χ1v) is 11.8. The molecular weight excluding hydrogens is 402 g/mol. The average Bonchev–Trinajstić information content (AvgIpc) is 3.13. The molecule has 0 spiro atoms. The third-order valence-corrected chi connectivity index (χ3v) is 6.40. The van der Waals surface area contributed by atoms with E-state index in [1.165, 1.54) is 0 Å². The van der Waals surface area contributed by atoms with Gasteiger partial charge in [-0.25, -0.2) is 13.2 Å². The van der Waals surface area contributed by atoms with Crippen LogP contribution in [0.5, 0.6) is 0 Å². The Bertz CT molecular complexity index is 1080. The van der Waals surface area contributed by atoms with Gasteiger partial charge in [-0.1, -0.05) is 50.2 Å². The summed E-state index contributed by atoms with van der Waals surface area (Å²) >= 11 is 0. The lowest BCUT2D eigenvalue weighted by atomic mass is 10.0. The van der Waals surface area contributed by atoms with E-state index >= 15 is 0 Å². The van der Waals surface area contributed by atoms with E-state index in [9.17, 15) is 13.2 Å². The Hall–Kier alpha value is -2.94. The van der Waals surface area contributed by atoms with Gasteiger partial charge in [0.15, 0.2) is 21.3 Å². The lowest BCUT2D eigenvalue weighted by molar-refractivity contribution is 0.232. The normalized spacial score (nSPS) is 12.8. The van der Waals surface area contributed by atoms with Crippen molar-refractivity contribution < 1.29 is 13.2 Å². The van der Waals surface area contributed by atoms with Crippen molar-refractivity contribution in [3.8, 4) is 0 Å². The number of aromatic nitrogens is 3. The van der Waals surface area contributed by atoms with Crippen molar-refractivity contribution >= 4 is 21.5 Å². The van der Waals surface area contributed by atoms with E-state index in [4.69, 9.17) is 0 Å². The van der Waals surface area contributed by atoms with E-state index in [0.29, 0.717) is 17.9 Å². The molecule has 1 aromatic carbocycles. The molecule has 2 N–H and O–H groups in total. The molecule has 0 saturated carbocycles. The quantitative estimate of drug-likeness (QED) is 0.509. The van der Waals surface area contributed by atoms with Gasteiger partial charge in [0.1, 0.15) is 0 Å². The maximum Gasteiger partial charge on any atom is 0.315 e. The standard InChI is InChI=1S/C21H27N5O3S/c1-16(2)19(20-25-24-18-11-6-7-13-26(18)20)23-21(27)22-12-8-14-30(28,29)15-17-9-4-3-5-10-17/h3-7,9-11,13,16,19H,8,12,14-15H2,1-2H3,(H2,22,23,27). The molecule has 0 bridgehead atoms. The number of carbonyl (C=O) groups is 1. The van der Waals surface area contributed by atoms with Crippen LogP contribution in [0.3, 0.4) is 0 Å². The van der Waals surface area contributed by atoms with Crippen molar-refractivity contribution in [2.24, 2.45) is 5.92 Å². The van der Waals surface area contributed by atoms with Gasteiger partial charge in [-0.05, 0) is 30.0 Å². The smallest absolute Gasteiger partial charge is 0.315 e. The molecule has 9 heteroatoms. The molecule has 0 aliphatic heterocycles. The highest BCUT2D eigenvalue weighted by molar-refractivity contribution is 7.90. The van der Waals surface area contributed by atoms with Crippen molar-refractivity contribution in [2.45, 2.75) is 32.1 Å². The molecule has 3 aromatic rings. The Morgan fingerprint density at radius 2 is 1.80 bits per heavy atom. The second kappa shape index (κ2) is 9.71. The van der Waals surface area contributed by atoms with E-state index in [0.717, 1.165) is 5.56 Å². The lowest BCUT2D eigenvalue weighted by Crippen LogP contribution is -2.41. The Morgan fingerprint density at radius 3 is 2.53 bits per heavy atom. The van der Waals surface area contributed by atoms with Gasteiger partial charge in [0, 0.05) is 12.7 Å². The van der Waals surface area contributed by atoms with Crippen LogP contribution < -0.4 is 10.6 Å². The fraction of sp³-hybridized carbons (Fsp3) is 0.381. The summed E-state index contributed by atoms with van der Waals surface area (Å²) in [6.45, 7) is 4.25. The van der Waals surface area contributed by atoms with Crippen LogP contribution in [-0.2, 0) is 15.6 Å². The molecule has 160 valence electrons. The third-order valence-electron chi connectivity index (χ3n) is 4.72. The van der Waals surface area contributed by atoms with Crippen LogP contribution in [0.25, 0.3) is 5.65 Å². The van der Waals surface area contributed by atoms with Gasteiger partial charge < -0.3 is 10.6 Å². The summed E-state index contributed by atoms with van der Waals surface area (Å²) in [4.78, 5) is 12.4. The second-order valence-corrected chi connectivity index (χ2v) is 9.72. The van der Waals surface area contributed by atoms with E-state index < -0.39 is 9.84 Å². The number of amides is 2. The molecule has 2 amide bonds. The molecule has 0 aliphatic carbocycles. The first kappa shape index (κ1) is 21.8. The summed E-state index contributed by atoms with van der Waals surface area (Å²) in [5, 5.41) is 14.0. The van der Waals surface area contributed by atoms with Crippen LogP contribution in [0, 0.1) is 5.92 Å². The number of pyridine rings is 1. The zero-order valence-corrected chi connectivity index (χ0v) is 18.0. The number of hydrogen-bond donors (Lipinski definition) is 2. The Morgan fingerprint density at radius 1 is 1.07 bits per heavy atom. The van der Waals surface area contributed by atoms with Gasteiger partial charge in [0.05, 0.1) is 17.5 Å². The van der Waals surface area contributed by atoms with Crippen LogP contribution in [0.2, 0.25) is 0 Å². The molecule has 1 atom stereocenters. The van der Waals surface area contributed by atoms with Crippen molar-refractivity contribution in [1.82, 2.24) is 25.2 Å². The molecule has 1 unspecified atom stereocenters. The van der Waals surface area contributed by atoms with E-state index in [-0.39, 0.29) is 36.0 Å². The number of hydrogen-bond acceptors (Lipinski definition) is 5. The summed E-state index contributed by atoms with van der Waals surface area (Å²) in [5.74, 6) is 0.774. The van der Waals surface area contributed by atoms with Gasteiger partial charge in [-0.3, -0.25) is 4.40 Å². The number of urea groups is 1. The average molecular weight is 430 g/mol. The first-order valence-electron chi connectivity index (χ1n) is 9.94. The zero-order chi connectivity index (χ0) is 21.6. The summed E-state index contributed by atoms with van der Waals surface area (Å²) in [5.41, 5.74) is 1.48. The molecule has 0 aliphatic rings. The Kier molecular flexibility index (Phi) is 7.04. The molecule has 2 aromatic heterocycles. The number of nitrogens with one attached hydrogen (secondary N) is 2. The maximum absolute atomic E-state index is 12.4. The fourth-order valence-electron chi connectivity index (χ4n) is 3.19. The van der Waals surface area contributed by atoms with Crippen LogP contribution in [0.1, 0.15) is 37.7 Å². The Labute approximate surface area is 176 Å². The van der Waals surface area contributed by atoms with Gasteiger partial charge in [0.2, 0.25) is 0 Å². The summed E-state index contributed by atoms with van der Waals surface area (Å²) in [6, 6.07) is 14.0. The molecule has 0 saturated heterocycles. The van der Waals surface area contributed by atoms with Gasteiger partial charge in [-0.15, -0.1) is 10.2 Å². The lowest BCUT2D eigenvalue weighted by Gasteiger charge is -2.21. The van der Waals surface area contributed by atoms with Gasteiger partial charge in [0.25, 0.3) is 0 Å². The highest BCUT2D eigenvalue weighted by Gasteiger charge is 2.23. The predicted octanol–water partition coefficient (Wildman–Crippen LogP) is 2.73. The highest BCUT2D eigenvalue weighted by Crippen LogP contribution is 2.20. The minimum Gasteiger partial charge on any atom is -0.338 e. The number of nitrogens with zero attached hydrogens (tertiary/aromatic N) is 3. The van der Waals surface area contributed by atoms with E-state index in [1.54, 1.807) is 12.1 Å². The van der Waals surface area contributed by atoms with Crippen molar-refractivity contribution in [3.63, 3.8) is 0 Å². The van der Waals surface area contributed by atoms with Crippen LogP contribution >= 0.6 is 0 Å². The van der Waals surface area contributed by atoms with E-state index in [2.05, 4.69) is 20.8 Å². The molecule has 2 heterocycles. The number of rotatable bonds is 9. The van der Waals surface area contributed by atoms with Crippen LogP contribution in [-0.4, -0.2) is 41.3 Å². The molecule has 0 radical (unpaired) electrons. The van der Waals surface area contributed by atoms with Crippen LogP contribution in [0.4, 0.5) is 4.79 Å². The first-order chi connectivity index (χ1) is 14.4. The van der Waals surface area contributed by atoms with Crippen molar-refractivity contribution in [1.29, 1.82) is 0 Å². The number of carbonyl (C=O) groups excluding carboxylic acids is 1. The van der Waals surface area contributed by atoms with Crippen molar-refractivity contribution in [3.05, 3.63) is 66.1 Å². The monoisotopic (exact) mass is 429 g/mol. The number of sulfone groups is 1. The minimum atomic E-state index is -3.22. The minimum absolute atomic E-state index is 0.00934.